The van der Waals surface area contributed by atoms with Crippen LogP contribution < -0.4 is 14.8 Å². The highest BCUT2D eigenvalue weighted by atomic mass is 16.5. The number of fused-ring (bicyclic) bond motifs is 1. The lowest BCUT2D eigenvalue weighted by Crippen LogP contribution is -2.43. The zero-order chi connectivity index (χ0) is 22.5. The lowest BCUT2D eigenvalue weighted by Gasteiger charge is -2.31. The van der Waals surface area contributed by atoms with Crippen LogP contribution in [0, 0.1) is 13.8 Å². The minimum atomic E-state index is -0.134. The van der Waals surface area contributed by atoms with Gasteiger partial charge in [-0.05, 0) is 67.8 Å². The van der Waals surface area contributed by atoms with Gasteiger partial charge in [0.25, 0.3) is 0 Å². The molecule has 2 aromatic carbocycles. The molecular weight excluding hydrogens is 394 g/mol. The van der Waals surface area contributed by atoms with Gasteiger partial charge in [0.2, 0.25) is 11.8 Å². The summed E-state index contributed by atoms with van der Waals surface area (Å²) in [6, 6.07) is 9.75. The molecule has 0 atom stereocenters. The number of hydrogen-bond acceptors (Lipinski definition) is 5. The molecule has 0 aliphatic carbocycles. The van der Waals surface area contributed by atoms with E-state index in [1.54, 1.807) is 26.2 Å². The molecule has 1 aliphatic rings. The van der Waals surface area contributed by atoms with Crippen molar-refractivity contribution in [3.63, 3.8) is 0 Å². The van der Waals surface area contributed by atoms with Gasteiger partial charge in [-0.3, -0.25) is 14.5 Å². The van der Waals surface area contributed by atoms with Crippen LogP contribution in [-0.4, -0.2) is 62.5 Å². The predicted octanol–water partition coefficient (Wildman–Crippen LogP) is 2.78. The molecule has 0 bridgehead atoms. The van der Waals surface area contributed by atoms with E-state index in [0.717, 1.165) is 28.8 Å². The number of nitrogens with one attached hydrogen (secondary N) is 1. The number of aryl methyl sites for hydroxylation is 1. The Balaban J connectivity index is 1.56. The van der Waals surface area contributed by atoms with E-state index in [1.807, 2.05) is 49.1 Å². The second-order valence-electron chi connectivity index (χ2n) is 8.01. The van der Waals surface area contributed by atoms with Gasteiger partial charge in [-0.2, -0.15) is 0 Å². The number of methoxy groups -OCH3 is 2. The van der Waals surface area contributed by atoms with Gasteiger partial charge in [-0.25, -0.2) is 0 Å². The van der Waals surface area contributed by atoms with Crippen LogP contribution in [0.2, 0.25) is 0 Å². The third-order valence-electron chi connectivity index (χ3n) is 5.77. The van der Waals surface area contributed by atoms with Crippen molar-refractivity contribution in [2.75, 3.05) is 46.2 Å². The smallest absolute Gasteiger partial charge is 0.238 e. The number of carbonyl (C=O) groups excluding carboxylic acids is 2. The number of likely N-dealkylation sites (N-methyl/N-ethyl adjacent to an activating group) is 1. The van der Waals surface area contributed by atoms with Gasteiger partial charge in [0.05, 0.1) is 27.3 Å². The number of ether oxygens (including phenoxy) is 2. The summed E-state index contributed by atoms with van der Waals surface area (Å²) in [4.78, 5) is 28.8. The topological polar surface area (TPSA) is 71.1 Å². The minimum Gasteiger partial charge on any atom is -0.493 e. The molecule has 0 saturated heterocycles. The molecule has 1 aliphatic heterocycles. The third kappa shape index (κ3) is 5.35. The Morgan fingerprint density at radius 2 is 1.74 bits per heavy atom. The lowest BCUT2D eigenvalue weighted by atomic mass is 9.98. The van der Waals surface area contributed by atoms with E-state index in [-0.39, 0.29) is 24.9 Å². The summed E-state index contributed by atoms with van der Waals surface area (Å²) in [5.74, 6) is 1.23. The Kier molecular flexibility index (Phi) is 7.17. The van der Waals surface area contributed by atoms with Crippen LogP contribution in [0.25, 0.3) is 0 Å². The molecule has 3 rings (SSSR count). The number of hydrogen-bond donors (Lipinski definition) is 1. The summed E-state index contributed by atoms with van der Waals surface area (Å²) in [5, 5.41) is 2.94. The Labute approximate surface area is 183 Å². The van der Waals surface area contributed by atoms with Gasteiger partial charge in [-0.1, -0.05) is 12.1 Å². The molecule has 31 heavy (non-hydrogen) atoms. The van der Waals surface area contributed by atoms with Crippen LogP contribution in [0.1, 0.15) is 22.3 Å². The summed E-state index contributed by atoms with van der Waals surface area (Å²) in [6.45, 7) is 5.49. The number of amides is 2. The van der Waals surface area contributed by atoms with Gasteiger partial charge in [0.1, 0.15) is 0 Å². The molecule has 0 aromatic heterocycles. The normalized spacial score (nSPS) is 13.0. The van der Waals surface area contributed by atoms with E-state index in [1.165, 1.54) is 5.56 Å². The highest BCUT2D eigenvalue weighted by molar-refractivity contribution is 5.93. The van der Waals surface area contributed by atoms with E-state index < -0.39 is 0 Å². The fraction of sp³-hybridized carbons (Fsp3) is 0.417. The second kappa shape index (κ2) is 9.83. The van der Waals surface area contributed by atoms with Crippen molar-refractivity contribution in [2.24, 2.45) is 0 Å². The van der Waals surface area contributed by atoms with Crippen LogP contribution in [0.5, 0.6) is 11.5 Å². The van der Waals surface area contributed by atoms with Crippen molar-refractivity contribution >= 4 is 17.5 Å². The van der Waals surface area contributed by atoms with Gasteiger partial charge in [0, 0.05) is 18.8 Å². The largest absolute Gasteiger partial charge is 0.493 e. The van der Waals surface area contributed by atoms with Crippen LogP contribution in [-0.2, 0) is 22.6 Å². The standard InChI is InChI=1S/C24H31N3O4/c1-16-7-6-8-20(17(16)2)25-23(28)14-26(3)15-24(29)27-10-9-18-11-21(30-4)22(31-5)12-19(18)13-27/h6-8,11-12H,9-10,13-15H2,1-5H3,(H,25,28). The van der Waals surface area contributed by atoms with Crippen molar-refractivity contribution < 1.29 is 19.1 Å². The molecule has 0 unspecified atom stereocenters. The molecule has 7 nitrogen and oxygen atoms in total. The molecule has 0 fully saturated rings. The van der Waals surface area contributed by atoms with E-state index >= 15 is 0 Å². The first-order valence-electron chi connectivity index (χ1n) is 10.4. The number of rotatable bonds is 7. The summed E-state index contributed by atoms with van der Waals surface area (Å²) >= 11 is 0. The fourth-order valence-corrected chi connectivity index (χ4v) is 3.80. The number of nitrogens with zero attached hydrogens (tertiary/aromatic N) is 2. The van der Waals surface area contributed by atoms with Gasteiger partial charge >= 0.3 is 0 Å². The van der Waals surface area contributed by atoms with Crippen molar-refractivity contribution in [3.8, 4) is 11.5 Å². The molecule has 2 amide bonds. The summed E-state index contributed by atoms with van der Waals surface area (Å²) in [5.41, 5.74) is 5.21. The zero-order valence-corrected chi connectivity index (χ0v) is 18.9. The summed E-state index contributed by atoms with van der Waals surface area (Å²) in [7, 11) is 5.01. The zero-order valence-electron chi connectivity index (χ0n) is 18.9. The van der Waals surface area contributed by atoms with Crippen molar-refractivity contribution in [1.82, 2.24) is 9.80 Å². The molecule has 0 saturated carbocycles. The minimum absolute atomic E-state index is 0.00229. The van der Waals surface area contributed by atoms with E-state index in [0.29, 0.717) is 24.6 Å². The maximum Gasteiger partial charge on any atom is 0.238 e. The number of benzene rings is 2. The molecule has 1 heterocycles. The van der Waals surface area contributed by atoms with Crippen molar-refractivity contribution in [3.05, 3.63) is 52.6 Å². The van der Waals surface area contributed by atoms with Gasteiger partial charge in [-0.15, -0.1) is 0 Å². The molecule has 0 spiro atoms. The monoisotopic (exact) mass is 425 g/mol. The molecule has 2 aromatic rings. The van der Waals surface area contributed by atoms with Crippen LogP contribution in [0.4, 0.5) is 5.69 Å². The fourth-order valence-electron chi connectivity index (χ4n) is 3.80. The average molecular weight is 426 g/mol. The maximum atomic E-state index is 12.8. The number of carbonyl (C=O) groups is 2. The second-order valence-corrected chi connectivity index (χ2v) is 8.01. The Hall–Kier alpha value is -3.06. The first-order chi connectivity index (χ1) is 14.8. The van der Waals surface area contributed by atoms with E-state index in [9.17, 15) is 9.59 Å². The van der Waals surface area contributed by atoms with Gasteiger partial charge < -0.3 is 19.7 Å². The lowest BCUT2D eigenvalue weighted by molar-refractivity contribution is -0.133. The predicted molar refractivity (Wildman–Crippen MR) is 121 cm³/mol. The Morgan fingerprint density at radius 1 is 1.06 bits per heavy atom. The van der Waals surface area contributed by atoms with E-state index in [2.05, 4.69) is 5.32 Å². The van der Waals surface area contributed by atoms with Crippen LogP contribution in [0.15, 0.2) is 30.3 Å². The van der Waals surface area contributed by atoms with E-state index in [4.69, 9.17) is 9.47 Å². The summed E-state index contributed by atoms with van der Waals surface area (Å²) < 4.78 is 10.8. The van der Waals surface area contributed by atoms with Crippen molar-refractivity contribution in [1.29, 1.82) is 0 Å². The maximum absolute atomic E-state index is 12.8. The molecular formula is C24H31N3O4. The first kappa shape index (κ1) is 22.6. The highest BCUT2D eigenvalue weighted by Gasteiger charge is 2.24. The molecule has 0 radical (unpaired) electrons. The highest BCUT2D eigenvalue weighted by Crippen LogP contribution is 2.33. The van der Waals surface area contributed by atoms with Crippen LogP contribution >= 0.6 is 0 Å². The molecule has 166 valence electrons. The summed E-state index contributed by atoms with van der Waals surface area (Å²) in [6.07, 6.45) is 0.762. The van der Waals surface area contributed by atoms with Gasteiger partial charge in [0.15, 0.2) is 11.5 Å². The Bertz CT molecular complexity index is 974. The van der Waals surface area contributed by atoms with Crippen molar-refractivity contribution in [2.45, 2.75) is 26.8 Å². The average Bonchev–Trinajstić information content (AvgIpc) is 2.75. The Morgan fingerprint density at radius 3 is 2.42 bits per heavy atom. The first-order valence-corrected chi connectivity index (χ1v) is 10.4. The molecule has 7 heteroatoms. The van der Waals surface area contributed by atoms with Crippen LogP contribution in [0.3, 0.4) is 0 Å². The molecule has 1 N–H and O–H groups in total. The SMILES string of the molecule is COc1cc2c(cc1OC)CN(C(=O)CN(C)CC(=O)Nc1cccc(C)c1C)CC2. The number of anilines is 1. The quantitative estimate of drug-likeness (QED) is 0.739. The third-order valence-corrected chi connectivity index (χ3v) is 5.77.